The van der Waals surface area contributed by atoms with Crippen LogP contribution in [0.15, 0.2) is 59.6 Å². The molecule has 1 N–H and O–H groups in total. The van der Waals surface area contributed by atoms with Gasteiger partial charge in [0.15, 0.2) is 9.84 Å². The third-order valence-corrected chi connectivity index (χ3v) is 5.59. The summed E-state index contributed by atoms with van der Waals surface area (Å²) in [6, 6.07) is 10.3. The number of nitro benzene ring substituents is 1. The van der Waals surface area contributed by atoms with Gasteiger partial charge in [0.2, 0.25) is 0 Å². The van der Waals surface area contributed by atoms with Crippen LogP contribution in [0.5, 0.6) is 11.5 Å². The van der Waals surface area contributed by atoms with Gasteiger partial charge in [0.25, 0.3) is 5.69 Å². The second-order valence-corrected chi connectivity index (χ2v) is 7.83. The van der Waals surface area contributed by atoms with Gasteiger partial charge >= 0.3 is 6.16 Å². The minimum atomic E-state index is -3.85. The van der Waals surface area contributed by atoms with E-state index in [0.717, 1.165) is 12.1 Å². The van der Waals surface area contributed by atoms with Gasteiger partial charge in [0, 0.05) is 23.7 Å². The van der Waals surface area contributed by atoms with Crippen molar-refractivity contribution in [3.63, 3.8) is 0 Å². The van der Waals surface area contributed by atoms with E-state index in [0.29, 0.717) is 0 Å². The smallest absolute Gasteiger partial charge is 0.506 e. The van der Waals surface area contributed by atoms with Gasteiger partial charge in [-0.3, -0.25) is 15.1 Å². The number of aromatic hydroxyl groups is 1. The van der Waals surface area contributed by atoms with Gasteiger partial charge in [0.1, 0.15) is 23.6 Å². The Balaban J connectivity index is 1.63. The van der Waals surface area contributed by atoms with Crippen molar-refractivity contribution < 1.29 is 32.7 Å². The molecule has 3 aromatic rings. The maximum Gasteiger partial charge on any atom is 0.513 e. The maximum atomic E-state index is 12.6. The van der Waals surface area contributed by atoms with Crippen molar-refractivity contribution in [1.82, 2.24) is 4.98 Å². The summed E-state index contributed by atoms with van der Waals surface area (Å²) in [6.45, 7) is -0.475. The van der Waals surface area contributed by atoms with Crippen molar-refractivity contribution in [3.8, 4) is 11.5 Å². The number of carbonyl (C=O) groups is 1. The first-order valence-corrected chi connectivity index (χ1v) is 9.82. The summed E-state index contributed by atoms with van der Waals surface area (Å²) in [5, 5.41) is 20.7. The molecule has 0 aliphatic rings. The summed E-state index contributed by atoms with van der Waals surface area (Å²) in [6.07, 6.45) is 0.279. The van der Waals surface area contributed by atoms with Crippen LogP contribution in [0.3, 0.4) is 0 Å². The highest BCUT2D eigenvalue weighted by Crippen LogP contribution is 2.29. The number of aromatic nitrogens is 1. The zero-order valence-electron chi connectivity index (χ0n) is 14.7. The van der Waals surface area contributed by atoms with E-state index in [-0.39, 0.29) is 33.0 Å². The normalized spacial score (nSPS) is 11.2. The molecule has 150 valence electrons. The monoisotopic (exact) mass is 418 g/mol. The number of benzene rings is 2. The van der Waals surface area contributed by atoms with Crippen LogP contribution in [0.4, 0.5) is 10.5 Å². The fourth-order valence-corrected chi connectivity index (χ4v) is 3.81. The van der Waals surface area contributed by atoms with Gasteiger partial charge in [-0.1, -0.05) is 0 Å². The third kappa shape index (κ3) is 4.58. The third-order valence-electron chi connectivity index (χ3n) is 3.86. The molecule has 3 rings (SSSR count). The first-order chi connectivity index (χ1) is 13.8. The number of non-ortho nitro benzene ring substituents is 1. The van der Waals surface area contributed by atoms with Crippen LogP contribution in [-0.4, -0.2) is 41.9 Å². The van der Waals surface area contributed by atoms with Gasteiger partial charge in [0.05, 0.1) is 15.6 Å². The molecule has 0 fully saturated rings. The molecule has 1 aromatic heterocycles. The molecule has 0 atom stereocenters. The summed E-state index contributed by atoms with van der Waals surface area (Å²) in [4.78, 5) is 25.6. The Morgan fingerprint density at radius 3 is 2.55 bits per heavy atom. The lowest BCUT2D eigenvalue weighted by atomic mass is 10.2. The fourth-order valence-electron chi connectivity index (χ4n) is 2.51. The Morgan fingerprint density at radius 2 is 1.86 bits per heavy atom. The van der Waals surface area contributed by atoms with E-state index in [4.69, 9.17) is 9.47 Å². The lowest BCUT2D eigenvalue weighted by molar-refractivity contribution is -0.384. The van der Waals surface area contributed by atoms with Crippen molar-refractivity contribution in [3.05, 3.63) is 64.8 Å². The van der Waals surface area contributed by atoms with Gasteiger partial charge in [-0.05, 0) is 36.4 Å². The highest BCUT2D eigenvalue weighted by atomic mass is 32.2. The minimum Gasteiger partial charge on any atom is -0.506 e. The van der Waals surface area contributed by atoms with Crippen LogP contribution in [0, 0.1) is 10.1 Å². The van der Waals surface area contributed by atoms with Crippen molar-refractivity contribution >= 4 is 32.6 Å². The predicted molar refractivity (Wildman–Crippen MR) is 101 cm³/mol. The molecule has 0 aliphatic heterocycles. The molecular formula is C18H14N2O8S. The van der Waals surface area contributed by atoms with E-state index in [1.54, 1.807) is 6.07 Å². The number of phenolic OH excluding ortho intramolecular Hbond substituents is 1. The number of fused-ring (bicyclic) bond motifs is 1. The highest BCUT2D eigenvalue weighted by molar-refractivity contribution is 7.91. The van der Waals surface area contributed by atoms with Crippen molar-refractivity contribution in [2.75, 3.05) is 12.4 Å². The highest BCUT2D eigenvalue weighted by Gasteiger charge is 2.20. The number of nitrogens with zero attached hydrogens (tertiary/aromatic N) is 2. The van der Waals surface area contributed by atoms with Crippen molar-refractivity contribution in [2.45, 2.75) is 4.90 Å². The molecule has 0 bridgehead atoms. The maximum absolute atomic E-state index is 12.6. The molecule has 0 aliphatic carbocycles. The predicted octanol–water partition coefficient (Wildman–Crippen LogP) is 2.84. The summed E-state index contributed by atoms with van der Waals surface area (Å²) >= 11 is 0. The van der Waals surface area contributed by atoms with Crippen LogP contribution < -0.4 is 4.74 Å². The first-order valence-electron chi connectivity index (χ1n) is 8.16. The van der Waals surface area contributed by atoms with Gasteiger partial charge in [-0.2, -0.15) is 0 Å². The summed E-state index contributed by atoms with van der Waals surface area (Å²) < 4.78 is 34.8. The van der Waals surface area contributed by atoms with E-state index >= 15 is 0 Å². The van der Waals surface area contributed by atoms with E-state index in [1.165, 1.54) is 36.5 Å². The number of phenols is 1. The van der Waals surface area contributed by atoms with E-state index < -0.39 is 33.3 Å². The van der Waals surface area contributed by atoms with Crippen LogP contribution in [-0.2, 0) is 14.6 Å². The van der Waals surface area contributed by atoms with E-state index in [9.17, 15) is 28.4 Å². The average molecular weight is 418 g/mol. The molecule has 1 heterocycles. The van der Waals surface area contributed by atoms with Crippen LogP contribution in [0.2, 0.25) is 0 Å². The number of pyridine rings is 1. The molecule has 11 heteroatoms. The zero-order chi connectivity index (χ0) is 21.0. The van der Waals surface area contributed by atoms with Crippen molar-refractivity contribution in [1.29, 1.82) is 0 Å². The van der Waals surface area contributed by atoms with Gasteiger partial charge < -0.3 is 14.6 Å². The van der Waals surface area contributed by atoms with E-state index in [2.05, 4.69) is 4.98 Å². The number of nitro groups is 1. The number of carbonyl (C=O) groups excluding carboxylic acids is 1. The molecular weight excluding hydrogens is 404 g/mol. The fraction of sp³-hybridized carbons (Fsp3) is 0.111. The number of sulfone groups is 1. The molecule has 0 saturated heterocycles. The Labute approximate surface area is 164 Å². The molecule has 0 saturated carbocycles. The lowest BCUT2D eigenvalue weighted by Crippen LogP contribution is -2.18. The molecule has 0 amide bonds. The molecule has 10 nitrogen and oxygen atoms in total. The zero-order valence-corrected chi connectivity index (χ0v) is 15.5. The van der Waals surface area contributed by atoms with E-state index in [1.807, 2.05) is 0 Å². The number of ether oxygens (including phenoxy) is 2. The molecule has 29 heavy (non-hydrogen) atoms. The Bertz CT molecular complexity index is 1180. The van der Waals surface area contributed by atoms with Gasteiger partial charge in [-0.15, -0.1) is 0 Å². The van der Waals surface area contributed by atoms with Crippen LogP contribution >= 0.6 is 0 Å². The second kappa shape index (κ2) is 8.10. The number of hydrogen-bond donors (Lipinski definition) is 1. The number of rotatable bonds is 6. The SMILES string of the molecule is O=C(OCCS(=O)(=O)c1ccc(O)c2ncccc12)Oc1ccc([N+](=O)[O-])cc1. The second-order valence-electron chi connectivity index (χ2n) is 5.75. The molecule has 2 aromatic carbocycles. The summed E-state index contributed by atoms with van der Waals surface area (Å²) in [7, 11) is -3.85. The van der Waals surface area contributed by atoms with Crippen molar-refractivity contribution in [2.24, 2.45) is 0 Å². The lowest BCUT2D eigenvalue weighted by Gasteiger charge is -2.09. The minimum absolute atomic E-state index is 0.0130. The van der Waals surface area contributed by atoms with Crippen LogP contribution in [0.25, 0.3) is 10.9 Å². The van der Waals surface area contributed by atoms with Gasteiger partial charge in [-0.25, -0.2) is 13.2 Å². The molecule has 0 unspecified atom stereocenters. The molecule has 0 radical (unpaired) electrons. The Morgan fingerprint density at radius 1 is 1.14 bits per heavy atom. The Kier molecular flexibility index (Phi) is 5.59. The standard InChI is InChI=1S/C18H14N2O8S/c21-15-7-8-16(14-2-1-9-19-17(14)15)29(25,26)11-10-27-18(22)28-13-5-3-12(4-6-13)20(23)24/h1-9,21H,10-11H2. The number of hydrogen-bond acceptors (Lipinski definition) is 9. The largest absolute Gasteiger partial charge is 0.513 e. The first kappa shape index (κ1) is 20.0. The average Bonchev–Trinajstić information content (AvgIpc) is 2.68. The Hall–Kier alpha value is -3.73. The topological polar surface area (TPSA) is 146 Å². The van der Waals surface area contributed by atoms with Crippen LogP contribution in [0.1, 0.15) is 0 Å². The quantitative estimate of drug-likeness (QED) is 0.276. The molecule has 0 spiro atoms. The summed E-state index contributed by atoms with van der Waals surface area (Å²) in [5.41, 5.74) is -0.0282. The summed E-state index contributed by atoms with van der Waals surface area (Å²) in [5.74, 6) is -0.654.